The van der Waals surface area contributed by atoms with Gasteiger partial charge in [-0.2, -0.15) is 0 Å². The molecule has 2 aromatic carbocycles. The zero-order valence-electron chi connectivity index (χ0n) is 15.2. The van der Waals surface area contributed by atoms with Crippen LogP contribution >= 0.6 is 0 Å². The lowest BCUT2D eigenvalue weighted by Gasteiger charge is -2.21. The van der Waals surface area contributed by atoms with Crippen molar-refractivity contribution in [1.82, 2.24) is 10.6 Å². The van der Waals surface area contributed by atoms with Crippen molar-refractivity contribution in [2.75, 3.05) is 20.2 Å². The summed E-state index contributed by atoms with van der Waals surface area (Å²) in [5.74, 6) is 1.63. The second-order valence-electron chi connectivity index (χ2n) is 6.50. The van der Waals surface area contributed by atoms with Crippen molar-refractivity contribution < 1.29 is 14.3 Å². The first-order chi connectivity index (χ1) is 12.8. The van der Waals surface area contributed by atoms with Crippen molar-refractivity contribution in [1.29, 1.82) is 0 Å². The Morgan fingerprint density at radius 3 is 2.58 bits per heavy atom. The van der Waals surface area contributed by atoms with Gasteiger partial charge in [0.15, 0.2) is 11.5 Å². The molecule has 0 aromatic heterocycles. The molecule has 2 N–H and O–H groups in total. The van der Waals surface area contributed by atoms with E-state index >= 15 is 0 Å². The average molecular weight is 354 g/mol. The lowest BCUT2D eigenvalue weighted by atomic mass is 9.97. The van der Waals surface area contributed by atoms with Crippen LogP contribution in [0.25, 0.3) is 0 Å². The number of hydrogen-bond acceptors (Lipinski definition) is 4. The second kappa shape index (κ2) is 9.25. The maximum absolute atomic E-state index is 12.3. The first kappa shape index (κ1) is 18.3. The molecule has 1 saturated heterocycles. The monoisotopic (exact) mass is 354 g/mol. The Balaban J connectivity index is 1.56. The lowest BCUT2D eigenvalue weighted by molar-refractivity contribution is -0.125. The summed E-state index contributed by atoms with van der Waals surface area (Å²) >= 11 is 0. The molecule has 0 radical (unpaired) electrons. The Bertz CT molecular complexity index is 712. The lowest BCUT2D eigenvalue weighted by Crippen LogP contribution is -2.37. The molecule has 0 bridgehead atoms. The number of amides is 1. The van der Waals surface area contributed by atoms with Gasteiger partial charge in [0.2, 0.25) is 5.91 Å². The molecule has 1 amide bonds. The molecule has 3 rings (SSSR count). The van der Waals surface area contributed by atoms with Gasteiger partial charge in [-0.15, -0.1) is 0 Å². The van der Waals surface area contributed by atoms with Crippen LogP contribution in [0.15, 0.2) is 48.5 Å². The first-order valence-electron chi connectivity index (χ1n) is 9.08. The van der Waals surface area contributed by atoms with E-state index in [9.17, 15) is 4.79 Å². The Labute approximate surface area is 154 Å². The van der Waals surface area contributed by atoms with Gasteiger partial charge in [-0.25, -0.2) is 0 Å². The van der Waals surface area contributed by atoms with Gasteiger partial charge in [0.05, 0.1) is 7.11 Å². The fraction of sp³-hybridized carbons (Fsp3) is 0.381. The largest absolute Gasteiger partial charge is 0.493 e. The van der Waals surface area contributed by atoms with Crippen LogP contribution in [0.4, 0.5) is 0 Å². The zero-order chi connectivity index (χ0) is 18.2. The smallest absolute Gasteiger partial charge is 0.223 e. The van der Waals surface area contributed by atoms with E-state index in [1.54, 1.807) is 7.11 Å². The topological polar surface area (TPSA) is 59.6 Å². The van der Waals surface area contributed by atoms with Gasteiger partial charge >= 0.3 is 0 Å². The van der Waals surface area contributed by atoms with Gasteiger partial charge < -0.3 is 20.1 Å². The summed E-state index contributed by atoms with van der Waals surface area (Å²) in [7, 11) is 1.63. The summed E-state index contributed by atoms with van der Waals surface area (Å²) in [4.78, 5) is 12.3. The van der Waals surface area contributed by atoms with E-state index in [0.717, 1.165) is 37.1 Å². The minimum Gasteiger partial charge on any atom is -0.493 e. The highest BCUT2D eigenvalue weighted by Crippen LogP contribution is 2.29. The number of nitrogens with one attached hydrogen (secondary N) is 2. The summed E-state index contributed by atoms with van der Waals surface area (Å²) < 4.78 is 11.3. The van der Waals surface area contributed by atoms with Crippen LogP contribution < -0.4 is 20.1 Å². The maximum Gasteiger partial charge on any atom is 0.223 e. The predicted octanol–water partition coefficient (Wildman–Crippen LogP) is 2.89. The molecule has 0 spiro atoms. The molecule has 26 heavy (non-hydrogen) atoms. The third kappa shape index (κ3) is 4.99. The van der Waals surface area contributed by atoms with Gasteiger partial charge in [0.1, 0.15) is 6.61 Å². The average Bonchev–Trinajstić information content (AvgIpc) is 2.72. The summed E-state index contributed by atoms with van der Waals surface area (Å²) in [6.45, 7) is 2.82. The van der Waals surface area contributed by atoms with Crippen molar-refractivity contribution in [2.45, 2.75) is 26.0 Å². The highest BCUT2D eigenvalue weighted by molar-refractivity contribution is 5.78. The minimum absolute atomic E-state index is 0.117. The van der Waals surface area contributed by atoms with E-state index in [4.69, 9.17) is 9.47 Å². The number of rotatable bonds is 7. The van der Waals surface area contributed by atoms with Gasteiger partial charge in [-0.3, -0.25) is 4.79 Å². The molecule has 0 saturated carbocycles. The van der Waals surface area contributed by atoms with E-state index in [1.165, 1.54) is 0 Å². The molecule has 0 unspecified atom stereocenters. The molecule has 1 aliphatic heterocycles. The van der Waals surface area contributed by atoms with Crippen molar-refractivity contribution in [3.8, 4) is 11.5 Å². The van der Waals surface area contributed by atoms with E-state index in [-0.39, 0.29) is 11.8 Å². The van der Waals surface area contributed by atoms with E-state index in [0.29, 0.717) is 24.7 Å². The third-order valence-electron chi connectivity index (χ3n) is 4.64. The highest BCUT2D eigenvalue weighted by atomic mass is 16.5. The molecular formula is C21H26N2O3. The number of hydrogen-bond donors (Lipinski definition) is 2. The molecule has 0 atom stereocenters. The normalized spacial score (nSPS) is 14.7. The van der Waals surface area contributed by atoms with Crippen molar-refractivity contribution in [3.05, 3.63) is 59.7 Å². The minimum atomic E-state index is 0.117. The van der Waals surface area contributed by atoms with Crippen molar-refractivity contribution in [2.24, 2.45) is 5.92 Å². The molecule has 1 aliphatic rings. The summed E-state index contributed by atoms with van der Waals surface area (Å²) in [6, 6.07) is 15.8. The quantitative estimate of drug-likeness (QED) is 0.803. The number of carbonyl (C=O) groups excluding carboxylic acids is 1. The van der Waals surface area contributed by atoms with Gasteiger partial charge in [0.25, 0.3) is 0 Å². The molecule has 1 fully saturated rings. The van der Waals surface area contributed by atoms with E-state index < -0.39 is 0 Å². The van der Waals surface area contributed by atoms with Gasteiger partial charge in [-0.05, 0) is 49.2 Å². The van der Waals surface area contributed by atoms with E-state index in [2.05, 4.69) is 10.6 Å². The molecule has 2 aromatic rings. The molecule has 5 heteroatoms. The molecular weight excluding hydrogens is 328 g/mol. The standard InChI is InChI=1S/C21H26N2O3/c1-25-20-13-17(14-23-21(24)18-9-11-22-12-10-18)7-8-19(20)26-15-16-5-3-2-4-6-16/h2-8,13,18,22H,9-12,14-15H2,1H3,(H,23,24). The number of ether oxygens (including phenoxy) is 2. The summed E-state index contributed by atoms with van der Waals surface area (Å²) in [5, 5.41) is 6.31. The molecule has 1 heterocycles. The zero-order valence-corrected chi connectivity index (χ0v) is 15.2. The first-order valence-corrected chi connectivity index (χ1v) is 9.08. The van der Waals surface area contributed by atoms with E-state index in [1.807, 2.05) is 48.5 Å². The highest BCUT2D eigenvalue weighted by Gasteiger charge is 2.20. The fourth-order valence-electron chi connectivity index (χ4n) is 3.09. The SMILES string of the molecule is COc1cc(CNC(=O)C2CCNCC2)ccc1OCc1ccccc1. The van der Waals surface area contributed by atoms with Crippen LogP contribution in [0.1, 0.15) is 24.0 Å². The number of benzene rings is 2. The van der Waals surface area contributed by atoms with Crippen LogP contribution in [0.3, 0.4) is 0 Å². The summed E-state index contributed by atoms with van der Waals surface area (Å²) in [6.07, 6.45) is 1.81. The van der Waals surface area contributed by atoms with Crippen molar-refractivity contribution >= 4 is 5.91 Å². The molecule has 5 nitrogen and oxygen atoms in total. The van der Waals surface area contributed by atoms with Crippen LogP contribution in [-0.4, -0.2) is 26.1 Å². The predicted molar refractivity (Wildman–Crippen MR) is 101 cm³/mol. The summed E-state index contributed by atoms with van der Waals surface area (Å²) in [5.41, 5.74) is 2.10. The molecule has 0 aliphatic carbocycles. The van der Waals surface area contributed by atoms with Crippen LogP contribution in [0.5, 0.6) is 11.5 Å². The fourth-order valence-corrected chi connectivity index (χ4v) is 3.09. The number of methoxy groups -OCH3 is 1. The molecule has 138 valence electrons. The maximum atomic E-state index is 12.3. The van der Waals surface area contributed by atoms with Gasteiger partial charge in [-0.1, -0.05) is 36.4 Å². The number of carbonyl (C=O) groups is 1. The van der Waals surface area contributed by atoms with Crippen LogP contribution in [-0.2, 0) is 17.9 Å². The third-order valence-corrected chi connectivity index (χ3v) is 4.64. The Morgan fingerprint density at radius 1 is 1.08 bits per heavy atom. The van der Waals surface area contributed by atoms with Gasteiger partial charge in [0, 0.05) is 12.5 Å². The Hall–Kier alpha value is -2.53. The Morgan fingerprint density at radius 2 is 1.85 bits per heavy atom. The van der Waals surface area contributed by atoms with Crippen LogP contribution in [0.2, 0.25) is 0 Å². The Kier molecular flexibility index (Phi) is 6.50. The number of piperidine rings is 1. The van der Waals surface area contributed by atoms with Crippen molar-refractivity contribution in [3.63, 3.8) is 0 Å². The second-order valence-corrected chi connectivity index (χ2v) is 6.50. The van der Waals surface area contributed by atoms with Crippen LogP contribution in [0, 0.1) is 5.92 Å².